The van der Waals surface area contributed by atoms with Gasteiger partial charge in [-0.25, -0.2) is 8.42 Å². The molecule has 20 heavy (non-hydrogen) atoms. The van der Waals surface area contributed by atoms with Gasteiger partial charge in [0.1, 0.15) is 0 Å². The maximum absolute atomic E-state index is 11.5. The number of aryl methyl sites for hydroxylation is 1. The molecule has 0 bridgehead atoms. The van der Waals surface area contributed by atoms with Crippen LogP contribution in [0, 0.1) is 6.92 Å². The maximum atomic E-state index is 11.5. The third kappa shape index (κ3) is 4.04. The first-order valence-corrected chi connectivity index (χ1v) is 8.88. The van der Waals surface area contributed by atoms with E-state index in [4.69, 9.17) is 0 Å². The van der Waals surface area contributed by atoms with Crippen LogP contribution in [0.25, 0.3) is 0 Å². The van der Waals surface area contributed by atoms with Crippen LogP contribution in [-0.2, 0) is 9.84 Å². The van der Waals surface area contributed by atoms with Crippen LogP contribution in [0.5, 0.6) is 0 Å². The highest BCUT2D eigenvalue weighted by atomic mass is 32.2. The second-order valence-corrected chi connectivity index (χ2v) is 7.94. The predicted molar refractivity (Wildman–Crippen MR) is 80.4 cm³/mol. The topological polar surface area (TPSA) is 57.6 Å². The molecule has 112 valence electrons. The highest BCUT2D eigenvalue weighted by Gasteiger charge is 2.28. The fourth-order valence-corrected chi connectivity index (χ4v) is 4.23. The number of nitrogens with zero attached hydrogens (tertiary/aromatic N) is 1. The molecular weight excluding hydrogens is 274 g/mol. The van der Waals surface area contributed by atoms with Crippen molar-refractivity contribution in [2.45, 2.75) is 32.4 Å². The van der Waals surface area contributed by atoms with E-state index in [-0.39, 0.29) is 17.5 Å². The number of aliphatic hydroxyl groups excluding tert-OH is 1. The molecule has 1 heterocycles. The summed E-state index contributed by atoms with van der Waals surface area (Å²) < 4.78 is 23.0. The Kier molecular flexibility index (Phi) is 4.83. The van der Waals surface area contributed by atoms with Crippen molar-refractivity contribution in [3.05, 3.63) is 35.4 Å². The number of rotatable bonds is 4. The fourth-order valence-electron chi connectivity index (χ4n) is 2.61. The molecule has 1 aromatic rings. The first-order chi connectivity index (χ1) is 9.37. The van der Waals surface area contributed by atoms with Gasteiger partial charge in [-0.2, -0.15) is 0 Å². The van der Waals surface area contributed by atoms with Crippen molar-refractivity contribution in [1.82, 2.24) is 4.90 Å². The molecule has 1 N–H and O–H groups in total. The molecule has 4 nitrogen and oxygen atoms in total. The minimum Gasteiger partial charge on any atom is -0.388 e. The lowest BCUT2D eigenvalue weighted by Crippen LogP contribution is -2.47. The molecule has 0 aromatic heterocycles. The van der Waals surface area contributed by atoms with Crippen molar-refractivity contribution in [1.29, 1.82) is 0 Å². The quantitative estimate of drug-likeness (QED) is 0.916. The molecule has 0 radical (unpaired) electrons. The Morgan fingerprint density at radius 3 is 2.60 bits per heavy atom. The zero-order valence-electron chi connectivity index (χ0n) is 12.1. The zero-order valence-corrected chi connectivity index (χ0v) is 12.9. The van der Waals surface area contributed by atoms with Gasteiger partial charge in [0.15, 0.2) is 9.84 Å². The molecular formula is C15H23NO3S. The predicted octanol–water partition coefficient (Wildman–Crippen LogP) is 1.54. The van der Waals surface area contributed by atoms with Crippen LogP contribution in [0.1, 0.15) is 30.6 Å². The van der Waals surface area contributed by atoms with Crippen LogP contribution in [-0.4, -0.2) is 49.1 Å². The normalized spacial score (nSPS) is 24.4. The Balaban J connectivity index is 1.87. The molecule has 1 aromatic carbocycles. The first kappa shape index (κ1) is 15.5. The van der Waals surface area contributed by atoms with E-state index in [2.05, 4.69) is 4.90 Å². The van der Waals surface area contributed by atoms with E-state index >= 15 is 0 Å². The SMILES string of the molecule is Cc1ccc(C(O)CCN2CCS(=O)(=O)CC2C)cc1. The Morgan fingerprint density at radius 1 is 1.35 bits per heavy atom. The number of sulfone groups is 1. The molecule has 0 spiro atoms. The molecule has 1 saturated heterocycles. The molecule has 1 aliphatic heterocycles. The van der Waals surface area contributed by atoms with E-state index in [1.54, 1.807) is 0 Å². The van der Waals surface area contributed by atoms with Gasteiger partial charge in [-0.3, -0.25) is 4.90 Å². The summed E-state index contributed by atoms with van der Waals surface area (Å²) in [4.78, 5) is 2.15. The van der Waals surface area contributed by atoms with Crippen LogP contribution >= 0.6 is 0 Å². The summed E-state index contributed by atoms with van der Waals surface area (Å²) >= 11 is 0. The van der Waals surface area contributed by atoms with Gasteiger partial charge in [0.25, 0.3) is 0 Å². The molecule has 2 rings (SSSR count). The highest BCUT2D eigenvalue weighted by Crippen LogP contribution is 2.19. The molecule has 2 atom stereocenters. The maximum Gasteiger partial charge on any atom is 0.153 e. The molecule has 0 aliphatic carbocycles. The molecule has 0 saturated carbocycles. The van der Waals surface area contributed by atoms with Crippen molar-refractivity contribution in [2.75, 3.05) is 24.6 Å². The monoisotopic (exact) mass is 297 g/mol. The van der Waals surface area contributed by atoms with Crippen molar-refractivity contribution >= 4 is 9.84 Å². The van der Waals surface area contributed by atoms with E-state index in [1.807, 2.05) is 38.1 Å². The Labute approximate surface area is 121 Å². The van der Waals surface area contributed by atoms with Gasteiger partial charge >= 0.3 is 0 Å². The third-order valence-electron chi connectivity index (χ3n) is 3.96. The van der Waals surface area contributed by atoms with Crippen LogP contribution < -0.4 is 0 Å². The van der Waals surface area contributed by atoms with E-state index in [1.165, 1.54) is 5.56 Å². The fraction of sp³-hybridized carbons (Fsp3) is 0.600. The molecule has 0 amide bonds. The minimum absolute atomic E-state index is 0.0407. The standard InChI is InChI=1S/C15H23NO3S/c1-12-3-5-14(6-4-12)15(17)7-8-16-9-10-20(18,19)11-13(16)2/h3-6,13,15,17H,7-11H2,1-2H3. The molecule has 1 aliphatic rings. The van der Waals surface area contributed by atoms with E-state index in [9.17, 15) is 13.5 Å². The van der Waals surface area contributed by atoms with E-state index in [0.29, 0.717) is 13.0 Å². The van der Waals surface area contributed by atoms with Crippen molar-refractivity contribution in [3.63, 3.8) is 0 Å². The van der Waals surface area contributed by atoms with Gasteiger partial charge in [0, 0.05) is 19.1 Å². The highest BCUT2D eigenvalue weighted by molar-refractivity contribution is 7.91. The number of hydrogen-bond acceptors (Lipinski definition) is 4. The summed E-state index contributed by atoms with van der Waals surface area (Å²) in [5.74, 6) is 0.464. The average molecular weight is 297 g/mol. The molecule has 5 heteroatoms. The lowest BCUT2D eigenvalue weighted by Gasteiger charge is -2.33. The van der Waals surface area contributed by atoms with Gasteiger partial charge in [-0.05, 0) is 25.8 Å². The number of aliphatic hydroxyl groups is 1. The summed E-state index contributed by atoms with van der Waals surface area (Å²) in [6.45, 7) is 5.26. The van der Waals surface area contributed by atoms with Gasteiger partial charge in [-0.15, -0.1) is 0 Å². The zero-order chi connectivity index (χ0) is 14.8. The Bertz CT molecular complexity index is 539. The van der Waals surface area contributed by atoms with Crippen molar-refractivity contribution in [2.24, 2.45) is 0 Å². The van der Waals surface area contributed by atoms with Crippen LogP contribution in [0.15, 0.2) is 24.3 Å². The van der Waals surface area contributed by atoms with Gasteiger partial charge in [0.05, 0.1) is 17.6 Å². The largest absolute Gasteiger partial charge is 0.388 e. The van der Waals surface area contributed by atoms with Crippen LogP contribution in [0.3, 0.4) is 0 Å². The summed E-state index contributed by atoms with van der Waals surface area (Å²) in [6, 6.07) is 7.93. The van der Waals surface area contributed by atoms with Crippen LogP contribution in [0.2, 0.25) is 0 Å². The minimum atomic E-state index is -2.86. The Hall–Kier alpha value is -0.910. The van der Waals surface area contributed by atoms with Gasteiger partial charge in [-0.1, -0.05) is 29.8 Å². The lowest BCUT2D eigenvalue weighted by atomic mass is 10.0. The Morgan fingerprint density at radius 2 is 2.00 bits per heavy atom. The summed E-state index contributed by atoms with van der Waals surface area (Å²) in [7, 11) is -2.86. The lowest BCUT2D eigenvalue weighted by molar-refractivity contribution is 0.132. The number of hydrogen-bond donors (Lipinski definition) is 1. The summed E-state index contributed by atoms with van der Waals surface area (Å²) in [6.07, 6.45) is 0.148. The van der Waals surface area contributed by atoms with Crippen molar-refractivity contribution < 1.29 is 13.5 Å². The second-order valence-electron chi connectivity index (χ2n) is 5.71. The molecule has 2 unspecified atom stereocenters. The van der Waals surface area contributed by atoms with Crippen molar-refractivity contribution in [3.8, 4) is 0 Å². The third-order valence-corrected chi connectivity index (χ3v) is 5.75. The van der Waals surface area contributed by atoms with E-state index in [0.717, 1.165) is 12.1 Å². The summed E-state index contributed by atoms with van der Waals surface area (Å²) in [5, 5.41) is 10.2. The average Bonchev–Trinajstić information content (AvgIpc) is 2.37. The first-order valence-electron chi connectivity index (χ1n) is 7.06. The number of benzene rings is 1. The smallest absolute Gasteiger partial charge is 0.153 e. The second kappa shape index (κ2) is 6.24. The summed E-state index contributed by atoms with van der Waals surface area (Å²) in [5.41, 5.74) is 2.10. The van der Waals surface area contributed by atoms with E-state index < -0.39 is 15.9 Å². The molecule has 1 fully saturated rings. The van der Waals surface area contributed by atoms with Gasteiger partial charge < -0.3 is 5.11 Å². The van der Waals surface area contributed by atoms with Crippen LogP contribution in [0.4, 0.5) is 0 Å². The van der Waals surface area contributed by atoms with Gasteiger partial charge in [0.2, 0.25) is 0 Å².